The quantitative estimate of drug-likeness (QED) is 0.713. The van der Waals surface area contributed by atoms with E-state index in [0.29, 0.717) is 13.2 Å². The number of hydrogen-bond acceptors (Lipinski definition) is 3. The molecule has 0 radical (unpaired) electrons. The van der Waals surface area contributed by atoms with Gasteiger partial charge in [0, 0.05) is 26.7 Å². The summed E-state index contributed by atoms with van der Waals surface area (Å²) < 4.78 is 4.99. The van der Waals surface area contributed by atoms with E-state index in [4.69, 9.17) is 9.84 Å². The number of carboxylic acids is 1. The molecule has 0 aliphatic carbocycles. The summed E-state index contributed by atoms with van der Waals surface area (Å²) in [6.07, 6.45) is 1.68. The minimum atomic E-state index is -1.01. The van der Waals surface area contributed by atoms with Gasteiger partial charge in [-0.25, -0.2) is 4.79 Å². The Labute approximate surface area is 109 Å². The zero-order valence-electron chi connectivity index (χ0n) is 11.7. The van der Waals surface area contributed by atoms with E-state index in [-0.39, 0.29) is 18.6 Å². The van der Waals surface area contributed by atoms with E-state index < -0.39 is 5.97 Å². The summed E-state index contributed by atoms with van der Waals surface area (Å²) in [5.74, 6) is -1.01. The third-order valence-electron chi connectivity index (χ3n) is 2.86. The Hall–Kier alpha value is -1.30. The van der Waals surface area contributed by atoms with Gasteiger partial charge in [0.1, 0.15) is 6.54 Å². The van der Waals surface area contributed by atoms with Crippen LogP contribution in [0.25, 0.3) is 0 Å². The topological polar surface area (TPSA) is 70.1 Å². The van der Waals surface area contributed by atoms with Gasteiger partial charge in [-0.05, 0) is 12.8 Å². The maximum Gasteiger partial charge on any atom is 0.323 e. The van der Waals surface area contributed by atoms with E-state index in [1.54, 1.807) is 12.0 Å². The van der Waals surface area contributed by atoms with E-state index in [9.17, 15) is 9.59 Å². The summed E-state index contributed by atoms with van der Waals surface area (Å²) in [7, 11) is 3.08. The van der Waals surface area contributed by atoms with Crippen molar-refractivity contribution in [3.05, 3.63) is 0 Å². The Morgan fingerprint density at radius 2 is 1.83 bits per heavy atom. The van der Waals surface area contributed by atoms with Gasteiger partial charge in [0.25, 0.3) is 0 Å². The highest BCUT2D eigenvalue weighted by Gasteiger charge is 2.24. The average molecular weight is 260 g/mol. The molecule has 0 aliphatic heterocycles. The lowest BCUT2D eigenvalue weighted by Crippen LogP contribution is -2.49. The van der Waals surface area contributed by atoms with E-state index in [1.807, 2.05) is 13.8 Å². The second-order valence-corrected chi connectivity index (χ2v) is 4.19. The van der Waals surface area contributed by atoms with Crippen LogP contribution in [0.15, 0.2) is 0 Å². The van der Waals surface area contributed by atoms with Crippen LogP contribution in [0.4, 0.5) is 4.79 Å². The molecule has 0 fully saturated rings. The van der Waals surface area contributed by atoms with E-state index in [1.165, 1.54) is 11.9 Å². The number of amides is 2. The van der Waals surface area contributed by atoms with Crippen LogP contribution < -0.4 is 0 Å². The Morgan fingerprint density at radius 3 is 2.22 bits per heavy atom. The third-order valence-corrected chi connectivity index (χ3v) is 2.86. The molecule has 2 amide bonds. The van der Waals surface area contributed by atoms with Crippen LogP contribution in [0.2, 0.25) is 0 Å². The molecule has 0 unspecified atom stereocenters. The normalized spacial score (nSPS) is 10.5. The molecule has 0 aromatic carbocycles. The fourth-order valence-corrected chi connectivity index (χ4v) is 1.84. The highest BCUT2D eigenvalue weighted by Crippen LogP contribution is 2.11. The number of nitrogens with zero attached hydrogens (tertiary/aromatic N) is 2. The summed E-state index contributed by atoms with van der Waals surface area (Å²) in [4.78, 5) is 25.7. The van der Waals surface area contributed by atoms with Crippen molar-refractivity contribution in [2.75, 3.05) is 33.9 Å². The maximum atomic E-state index is 12.2. The largest absolute Gasteiger partial charge is 0.480 e. The third kappa shape index (κ3) is 5.35. The van der Waals surface area contributed by atoms with Gasteiger partial charge in [-0.1, -0.05) is 13.8 Å². The number of hydrogen-bond donors (Lipinski definition) is 1. The van der Waals surface area contributed by atoms with E-state index >= 15 is 0 Å². The summed E-state index contributed by atoms with van der Waals surface area (Å²) in [5, 5.41) is 8.71. The van der Waals surface area contributed by atoms with Crippen molar-refractivity contribution in [2.45, 2.75) is 32.7 Å². The van der Waals surface area contributed by atoms with E-state index in [0.717, 1.165) is 12.8 Å². The zero-order chi connectivity index (χ0) is 14.1. The molecule has 0 heterocycles. The monoisotopic (exact) mass is 260 g/mol. The highest BCUT2D eigenvalue weighted by molar-refractivity contribution is 5.80. The van der Waals surface area contributed by atoms with Crippen molar-refractivity contribution in [3.63, 3.8) is 0 Å². The predicted molar refractivity (Wildman–Crippen MR) is 68.6 cm³/mol. The molecular formula is C12H24N2O4. The minimum Gasteiger partial charge on any atom is -0.480 e. The number of carbonyl (C=O) groups is 2. The molecular weight excluding hydrogens is 236 g/mol. The lowest BCUT2D eigenvalue weighted by Gasteiger charge is -2.33. The molecule has 0 aliphatic rings. The molecule has 0 saturated carbocycles. The fourth-order valence-electron chi connectivity index (χ4n) is 1.84. The molecule has 0 bridgehead atoms. The molecule has 0 aromatic rings. The van der Waals surface area contributed by atoms with Gasteiger partial charge in [0.15, 0.2) is 0 Å². The number of aliphatic carboxylic acids is 1. The highest BCUT2D eigenvalue weighted by atomic mass is 16.5. The number of urea groups is 1. The molecule has 0 atom stereocenters. The van der Waals surface area contributed by atoms with Crippen LogP contribution >= 0.6 is 0 Å². The number of rotatable bonds is 8. The van der Waals surface area contributed by atoms with Crippen LogP contribution in [0.1, 0.15) is 26.7 Å². The van der Waals surface area contributed by atoms with Gasteiger partial charge in [-0.3, -0.25) is 4.79 Å². The lowest BCUT2D eigenvalue weighted by atomic mass is 10.1. The predicted octanol–water partition coefficient (Wildman–Crippen LogP) is 1.26. The molecule has 6 heteroatoms. The van der Waals surface area contributed by atoms with Gasteiger partial charge < -0.3 is 19.6 Å². The van der Waals surface area contributed by atoms with Crippen molar-refractivity contribution in [3.8, 4) is 0 Å². The minimum absolute atomic E-state index is 0.115. The number of ether oxygens (including phenoxy) is 1. The van der Waals surface area contributed by atoms with Gasteiger partial charge in [-0.15, -0.1) is 0 Å². The summed E-state index contributed by atoms with van der Waals surface area (Å²) in [5.41, 5.74) is 0. The van der Waals surface area contributed by atoms with Crippen molar-refractivity contribution >= 4 is 12.0 Å². The van der Waals surface area contributed by atoms with Crippen molar-refractivity contribution in [2.24, 2.45) is 0 Å². The fraction of sp³-hybridized carbons (Fsp3) is 0.833. The zero-order valence-corrected chi connectivity index (χ0v) is 11.7. The number of likely N-dealkylation sites (N-methyl/N-ethyl adjacent to an activating group) is 1. The van der Waals surface area contributed by atoms with Gasteiger partial charge in [0.2, 0.25) is 0 Å². The molecule has 0 saturated heterocycles. The lowest BCUT2D eigenvalue weighted by molar-refractivity contribution is -0.137. The van der Waals surface area contributed by atoms with Gasteiger partial charge >= 0.3 is 12.0 Å². The second-order valence-electron chi connectivity index (χ2n) is 4.19. The SMILES string of the molecule is CCC(CC)N(CCOC)C(=O)N(C)CC(=O)O. The standard InChI is InChI=1S/C12H24N2O4/c1-5-10(6-2)14(7-8-18-4)12(17)13(3)9-11(15)16/h10H,5-9H2,1-4H3,(H,15,16). The Bertz CT molecular complexity index is 267. The first-order valence-electron chi connectivity index (χ1n) is 6.20. The van der Waals surface area contributed by atoms with Crippen LogP contribution in [-0.4, -0.2) is 66.8 Å². The molecule has 1 N–H and O–H groups in total. The Morgan fingerprint density at radius 1 is 1.28 bits per heavy atom. The first-order chi connectivity index (χ1) is 8.47. The van der Waals surface area contributed by atoms with Crippen molar-refractivity contribution < 1.29 is 19.4 Å². The van der Waals surface area contributed by atoms with Gasteiger partial charge in [-0.2, -0.15) is 0 Å². The number of carbonyl (C=O) groups excluding carboxylic acids is 1. The summed E-state index contributed by atoms with van der Waals surface area (Å²) in [6, 6.07) is -0.146. The molecule has 6 nitrogen and oxygen atoms in total. The smallest absolute Gasteiger partial charge is 0.323 e. The molecule has 0 aromatic heterocycles. The van der Waals surface area contributed by atoms with Crippen LogP contribution in [0.5, 0.6) is 0 Å². The molecule has 106 valence electrons. The van der Waals surface area contributed by atoms with E-state index in [2.05, 4.69) is 0 Å². The Balaban J connectivity index is 4.71. The first-order valence-corrected chi connectivity index (χ1v) is 6.20. The molecule has 0 rings (SSSR count). The first kappa shape index (κ1) is 16.7. The summed E-state index contributed by atoms with van der Waals surface area (Å²) >= 11 is 0. The van der Waals surface area contributed by atoms with Gasteiger partial charge in [0.05, 0.1) is 6.61 Å². The number of methoxy groups -OCH3 is 1. The average Bonchev–Trinajstić information content (AvgIpc) is 2.32. The number of carboxylic acid groups (broad SMARTS) is 1. The van der Waals surface area contributed by atoms with Crippen LogP contribution in [0.3, 0.4) is 0 Å². The van der Waals surface area contributed by atoms with Crippen LogP contribution in [0, 0.1) is 0 Å². The maximum absolute atomic E-state index is 12.2. The molecule has 0 spiro atoms. The Kier molecular flexibility index (Phi) is 8.11. The summed E-state index contributed by atoms with van der Waals surface area (Å²) in [6.45, 7) is 4.66. The van der Waals surface area contributed by atoms with Crippen LogP contribution in [-0.2, 0) is 9.53 Å². The van der Waals surface area contributed by atoms with Crippen molar-refractivity contribution in [1.82, 2.24) is 9.80 Å². The molecule has 18 heavy (non-hydrogen) atoms. The second kappa shape index (κ2) is 8.74. The van der Waals surface area contributed by atoms with Crippen molar-refractivity contribution in [1.29, 1.82) is 0 Å².